The Hall–Kier alpha value is -2.80. The van der Waals surface area contributed by atoms with Crippen molar-refractivity contribution in [3.63, 3.8) is 0 Å². The number of nitrogens with zero attached hydrogens (tertiary/aromatic N) is 3. The van der Waals surface area contributed by atoms with Gasteiger partial charge in [-0.25, -0.2) is 0 Å². The maximum atomic E-state index is 9.26. The maximum Gasteiger partial charge on any atom is 0.119 e. The minimum atomic E-state index is 0.644. The van der Waals surface area contributed by atoms with Crippen LogP contribution in [0.2, 0.25) is 0 Å². The van der Waals surface area contributed by atoms with Crippen molar-refractivity contribution in [1.82, 2.24) is 9.55 Å². The molecule has 1 aromatic carbocycles. The lowest BCUT2D eigenvalue weighted by Crippen LogP contribution is -1.99. The molecule has 0 N–H and O–H groups in total. The number of benzene rings is 1. The Kier molecular flexibility index (Phi) is 3.10. The van der Waals surface area contributed by atoms with Crippen molar-refractivity contribution in [2.45, 2.75) is 6.54 Å². The Labute approximate surface area is 116 Å². The minimum Gasteiger partial charge on any atom is -0.497 e. The Morgan fingerprint density at radius 1 is 1.30 bits per heavy atom. The lowest BCUT2D eigenvalue weighted by molar-refractivity contribution is 0.415. The van der Waals surface area contributed by atoms with Gasteiger partial charge in [-0.2, -0.15) is 5.26 Å². The molecule has 0 aliphatic heterocycles. The first-order valence-electron chi connectivity index (χ1n) is 6.28. The fourth-order valence-electron chi connectivity index (χ4n) is 2.29. The zero-order chi connectivity index (χ0) is 13.9. The maximum absolute atomic E-state index is 9.26. The highest BCUT2D eigenvalue weighted by Crippen LogP contribution is 2.26. The molecule has 0 bridgehead atoms. The van der Waals surface area contributed by atoms with Gasteiger partial charge in [0.05, 0.1) is 30.4 Å². The highest BCUT2D eigenvalue weighted by atomic mass is 16.5. The van der Waals surface area contributed by atoms with Crippen molar-refractivity contribution in [1.29, 1.82) is 5.26 Å². The summed E-state index contributed by atoms with van der Waals surface area (Å²) < 4.78 is 7.26. The minimum absolute atomic E-state index is 0.644. The van der Waals surface area contributed by atoms with Crippen LogP contribution < -0.4 is 4.74 Å². The van der Waals surface area contributed by atoms with Crippen LogP contribution in [0, 0.1) is 11.3 Å². The number of hydrogen-bond acceptors (Lipinski definition) is 3. The molecule has 0 atom stereocenters. The second kappa shape index (κ2) is 5.06. The van der Waals surface area contributed by atoms with Gasteiger partial charge in [-0.3, -0.25) is 4.98 Å². The van der Waals surface area contributed by atoms with Crippen LogP contribution in [0.1, 0.15) is 11.3 Å². The molecule has 2 heterocycles. The van der Waals surface area contributed by atoms with E-state index in [1.165, 1.54) is 0 Å². The van der Waals surface area contributed by atoms with Gasteiger partial charge in [0.1, 0.15) is 11.8 Å². The number of rotatable bonds is 3. The van der Waals surface area contributed by atoms with Crippen LogP contribution in [-0.2, 0) is 6.54 Å². The SMILES string of the molecule is COc1ccc2c(c1)c(C#N)cn2Cc1ccccn1. The quantitative estimate of drug-likeness (QED) is 0.730. The lowest BCUT2D eigenvalue weighted by atomic mass is 10.2. The van der Waals surface area contributed by atoms with Crippen LogP contribution in [0.4, 0.5) is 0 Å². The van der Waals surface area contributed by atoms with Crippen LogP contribution in [0.15, 0.2) is 48.8 Å². The molecule has 20 heavy (non-hydrogen) atoms. The van der Waals surface area contributed by atoms with Crippen LogP contribution in [0.5, 0.6) is 5.75 Å². The van der Waals surface area contributed by atoms with Crippen molar-refractivity contribution in [3.05, 3.63) is 60.0 Å². The van der Waals surface area contributed by atoms with E-state index in [2.05, 4.69) is 11.1 Å². The van der Waals surface area contributed by atoms with Crippen molar-refractivity contribution < 1.29 is 4.74 Å². The summed E-state index contributed by atoms with van der Waals surface area (Å²) in [6.07, 6.45) is 3.63. The Morgan fingerprint density at radius 3 is 2.90 bits per heavy atom. The molecule has 0 aliphatic carbocycles. The topological polar surface area (TPSA) is 50.8 Å². The second-order valence-corrected chi connectivity index (χ2v) is 4.49. The molecule has 2 aromatic heterocycles. The summed E-state index contributed by atoms with van der Waals surface area (Å²) in [7, 11) is 1.62. The van der Waals surface area contributed by atoms with Crippen LogP contribution in [-0.4, -0.2) is 16.7 Å². The Balaban J connectivity index is 2.10. The summed E-state index contributed by atoms with van der Waals surface area (Å²) in [6, 6.07) is 13.8. The summed E-state index contributed by atoms with van der Waals surface area (Å²) in [5.41, 5.74) is 2.62. The lowest BCUT2D eigenvalue weighted by Gasteiger charge is -2.05. The standard InChI is InChI=1S/C16H13N3O/c1-20-14-5-6-16-15(8-14)12(9-17)10-19(16)11-13-4-2-3-7-18-13/h2-8,10H,11H2,1H3. The molecule has 0 fully saturated rings. The van der Waals surface area contributed by atoms with E-state index in [4.69, 9.17) is 4.74 Å². The van der Waals surface area contributed by atoms with Crippen LogP contribution >= 0.6 is 0 Å². The van der Waals surface area contributed by atoms with E-state index in [-0.39, 0.29) is 0 Å². The van der Waals surface area contributed by atoms with E-state index in [1.807, 2.05) is 47.2 Å². The molecular formula is C16H13N3O. The number of methoxy groups -OCH3 is 1. The van der Waals surface area contributed by atoms with Gasteiger partial charge >= 0.3 is 0 Å². The predicted molar refractivity (Wildman–Crippen MR) is 76.5 cm³/mol. The molecule has 0 saturated carbocycles. The molecule has 0 radical (unpaired) electrons. The Morgan fingerprint density at radius 2 is 2.20 bits per heavy atom. The molecule has 4 heteroatoms. The Bertz CT molecular complexity index is 785. The predicted octanol–water partition coefficient (Wildman–Crippen LogP) is 2.96. The van der Waals surface area contributed by atoms with Gasteiger partial charge in [-0.1, -0.05) is 6.07 Å². The van der Waals surface area contributed by atoms with Crippen LogP contribution in [0.3, 0.4) is 0 Å². The molecule has 0 unspecified atom stereocenters. The monoisotopic (exact) mass is 263 g/mol. The fraction of sp³-hybridized carbons (Fsp3) is 0.125. The van der Waals surface area contributed by atoms with Gasteiger partial charge in [0.25, 0.3) is 0 Å². The van der Waals surface area contributed by atoms with Gasteiger partial charge in [-0.15, -0.1) is 0 Å². The number of hydrogen-bond donors (Lipinski definition) is 0. The molecule has 3 rings (SSSR count). The summed E-state index contributed by atoms with van der Waals surface area (Å²) in [5.74, 6) is 0.754. The first-order chi connectivity index (χ1) is 9.81. The highest BCUT2D eigenvalue weighted by molar-refractivity contribution is 5.87. The van der Waals surface area contributed by atoms with Crippen LogP contribution in [0.25, 0.3) is 10.9 Å². The van der Waals surface area contributed by atoms with Gasteiger partial charge in [0, 0.05) is 17.8 Å². The molecule has 4 nitrogen and oxygen atoms in total. The average Bonchev–Trinajstić information content (AvgIpc) is 2.85. The molecular weight excluding hydrogens is 250 g/mol. The normalized spacial score (nSPS) is 10.4. The van der Waals surface area contributed by atoms with E-state index < -0.39 is 0 Å². The van der Waals surface area contributed by atoms with E-state index in [9.17, 15) is 5.26 Å². The zero-order valence-corrected chi connectivity index (χ0v) is 11.1. The summed E-state index contributed by atoms with van der Waals surface area (Å²) in [4.78, 5) is 4.32. The molecule has 0 spiro atoms. The summed E-state index contributed by atoms with van der Waals surface area (Å²) >= 11 is 0. The molecule has 3 aromatic rings. The second-order valence-electron chi connectivity index (χ2n) is 4.49. The third kappa shape index (κ3) is 2.10. The number of nitriles is 1. The van der Waals surface area contributed by atoms with E-state index >= 15 is 0 Å². The van der Waals surface area contributed by atoms with Crippen molar-refractivity contribution in [3.8, 4) is 11.8 Å². The molecule has 0 amide bonds. The molecule has 0 aliphatic rings. The number of fused-ring (bicyclic) bond motifs is 1. The number of aromatic nitrogens is 2. The van der Waals surface area contributed by atoms with E-state index in [0.717, 1.165) is 22.3 Å². The fourth-order valence-corrected chi connectivity index (χ4v) is 2.29. The summed E-state index contributed by atoms with van der Waals surface area (Å²) in [6.45, 7) is 0.644. The van der Waals surface area contributed by atoms with Crippen molar-refractivity contribution in [2.24, 2.45) is 0 Å². The van der Waals surface area contributed by atoms with E-state index in [1.54, 1.807) is 13.3 Å². The molecule has 98 valence electrons. The average molecular weight is 263 g/mol. The zero-order valence-electron chi connectivity index (χ0n) is 11.1. The smallest absolute Gasteiger partial charge is 0.119 e. The van der Waals surface area contributed by atoms with E-state index in [0.29, 0.717) is 12.1 Å². The number of ether oxygens (including phenoxy) is 1. The highest BCUT2D eigenvalue weighted by Gasteiger charge is 2.10. The third-order valence-electron chi connectivity index (χ3n) is 3.27. The first-order valence-corrected chi connectivity index (χ1v) is 6.28. The first kappa shape index (κ1) is 12.2. The van der Waals surface area contributed by atoms with Gasteiger partial charge in [-0.05, 0) is 30.3 Å². The van der Waals surface area contributed by atoms with Gasteiger partial charge in [0.15, 0.2) is 0 Å². The van der Waals surface area contributed by atoms with Crippen molar-refractivity contribution in [2.75, 3.05) is 7.11 Å². The summed E-state index contributed by atoms with van der Waals surface area (Å²) in [5, 5.41) is 10.2. The van der Waals surface area contributed by atoms with Crippen molar-refractivity contribution >= 4 is 10.9 Å². The largest absolute Gasteiger partial charge is 0.497 e. The third-order valence-corrected chi connectivity index (χ3v) is 3.27. The van der Waals surface area contributed by atoms with Gasteiger partial charge < -0.3 is 9.30 Å². The number of pyridine rings is 1. The van der Waals surface area contributed by atoms with Gasteiger partial charge in [0.2, 0.25) is 0 Å². The molecule has 0 saturated heterocycles.